The monoisotopic (exact) mass is 467 g/mol. The van der Waals surface area contributed by atoms with Crippen LogP contribution in [0, 0.1) is 0 Å². The molecule has 2 saturated heterocycles. The predicted molar refractivity (Wildman–Crippen MR) is 116 cm³/mol. The van der Waals surface area contributed by atoms with Gasteiger partial charge in [0.1, 0.15) is 0 Å². The molecule has 0 amide bonds. The van der Waals surface area contributed by atoms with Gasteiger partial charge in [0, 0.05) is 57.4 Å². The molecule has 0 radical (unpaired) electrons. The van der Waals surface area contributed by atoms with E-state index in [4.69, 9.17) is 4.74 Å². The molecule has 7 heteroatoms. The van der Waals surface area contributed by atoms with Crippen LogP contribution in [-0.4, -0.2) is 86.4 Å². The van der Waals surface area contributed by atoms with Gasteiger partial charge in [-0.15, -0.1) is 24.0 Å². The van der Waals surface area contributed by atoms with E-state index in [1.54, 1.807) is 0 Å². The summed E-state index contributed by atoms with van der Waals surface area (Å²) in [6, 6.07) is 1.18. The molecule has 2 rings (SSSR count). The van der Waals surface area contributed by atoms with Crippen molar-refractivity contribution in [3.63, 3.8) is 0 Å². The minimum absolute atomic E-state index is 0. The summed E-state index contributed by atoms with van der Waals surface area (Å²) >= 11 is 0. The first-order chi connectivity index (χ1) is 11.4. The predicted octanol–water partition coefficient (Wildman–Crippen LogP) is 1.75. The standard InChI is InChI=1S/C18H37N5O.HI/c1-15(2)22-8-6-16(7-9-22)21-17(19-5)20-14-18(3,4)23-10-12-24-13-11-23;/h15-16H,6-14H2,1-5H3,(H2,19,20,21);1H. The van der Waals surface area contributed by atoms with Crippen LogP contribution in [0.1, 0.15) is 40.5 Å². The maximum absolute atomic E-state index is 5.47. The average molecular weight is 467 g/mol. The lowest BCUT2D eigenvalue weighted by atomic mass is 10.0. The molecule has 25 heavy (non-hydrogen) atoms. The van der Waals surface area contributed by atoms with E-state index in [2.05, 4.69) is 53.1 Å². The summed E-state index contributed by atoms with van der Waals surface area (Å²) in [5, 5.41) is 7.14. The van der Waals surface area contributed by atoms with Gasteiger partial charge in [0.15, 0.2) is 5.96 Å². The highest BCUT2D eigenvalue weighted by Gasteiger charge is 2.28. The van der Waals surface area contributed by atoms with Gasteiger partial charge in [0.05, 0.1) is 13.2 Å². The molecule has 2 fully saturated rings. The average Bonchev–Trinajstić information content (AvgIpc) is 2.59. The van der Waals surface area contributed by atoms with Crippen LogP contribution >= 0.6 is 24.0 Å². The first-order valence-electron chi connectivity index (χ1n) is 9.46. The van der Waals surface area contributed by atoms with Crippen LogP contribution in [0.4, 0.5) is 0 Å². The first-order valence-corrected chi connectivity index (χ1v) is 9.46. The van der Waals surface area contributed by atoms with Gasteiger partial charge in [0.2, 0.25) is 0 Å². The quantitative estimate of drug-likeness (QED) is 0.367. The number of guanidine groups is 1. The van der Waals surface area contributed by atoms with E-state index in [-0.39, 0.29) is 29.5 Å². The number of piperidine rings is 1. The molecule has 2 aliphatic rings. The van der Waals surface area contributed by atoms with Crippen molar-refractivity contribution in [2.45, 2.75) is 58.2 Å². The number of likely N-dealkylation sites (tertiary alicyclic amines) is 1. The number of hydrogen-bond donors (Lipinski definition) is 2. The van der Waals surface area contributed by atoms with E-state index in [0.29, 0.717) is 12.1 Å². The molecule has 0 aliphatic carbocycles. The fourth-order valence-electron chi connectivity index (χ4n) is 3.53. The number of nitrogens with one attached hydrogen (secondary N) is 2. The van der Waals surface area contributed by atoms with E-state index in [9.17, 15) is 0 Å². The Balaban J connectivity index is 0.00000312. The number of rotatable bonds is 5. The van der Waals surface area contributed by atoms with Crippen LogP contribution in [-0.2, 0) is 4.74 Å². The van der Waals surface area contributed by atoms with Gasteiger partial charge in [-0.2, -0.15) is 0 Å². The second-order valence-corrected chi connectivity index (χ2v) is 7.89. The number of halogens is 1. The van der Waals surface area contributed by atoms with Gasteiger partial charge in [0.25, 0.3) is 0 Å². The molecule has 6 nitrogen and oxygen atoms in total. The number of nitrogens with zero attached hydrogens (tertiary/aromatic N) is 3. The van der Waals surface area contributed by atoms with E-state index in [1.165, 1.54) is 25.9 Å². The molecular formula is C18H38IN5O. The topological polar surface area (TPSA) is 52.1 Å². The molecule has 0 bridgehead atoms. The zero-order valence-corrected chi connectivity index (χ0v) is 19.0. The van der Waals surface area contributed by atoms with Crippen LogP contribution in [0.5, 0.6) is 0 Å². The van der Waals surface area contributed by atoms with Crippen molar-refractivity contribution in [1.29, 1.82) is 0 Å². The third-order valence-corrected chi connectivity index (χ3v) is 5.38. The minimum Gasteiger partial charge on any atom is -0.379 e. The van der Waals surface area contributed by atoms with Crippen LogP contribution in [0.25, 0.3) is 0 Å². The minimum atomic E-state index is 0. The van der Waals surface area contributed by atoms with Crippen molar-refractivity contribution in [1.82, 2.24) is 20.4 Å². The van der Waals surface area contributed by atoms with Gasteiger partial charge in [-0.05, 0) is 40.5 Å². The highest BCUT2D eigenvalue weighted by Crippen LogP contribution is 2.15. The maximum atomic E-state index is 5.47. The Morgan fingerprint density at radius 2 is 1.76 bits per heavy atom. The molecule has 0 aromatic heterocycles. The summed E-state index contributed by atoms with van der Waals surface area (Å²) in [6.45, 7) is 16.1. The highest BCUT2D eigenvalue weighted by atomic mass is 127. The Bertz CT molecular complexity index is 402. The molecule has 2 aliphatic heterocycles. The number of hydrogen-bond acceptors (Lipinski definition) is 4. The van der Waals surface area contributed by atoms with Gasteiger partial charge in [-0.3, -0.25) is 9.89 Å². The van der Waals surface area contributed by atoms with Gasteiger partial charge >= 0.3 is 0 Å². The molecule has 2 N–H and O–H groups in total. The van der Waals surface area contributed by atoms with E-state index in [1.807, 2.05) is 7.05 Å². The Hall–Kier alpha value is -0.120. The third-order valence-electron chi connectivity index (χ3n) is 5.38. The Morgan fingerprint density at radius 1 is 1.16 bits per heavy atom. The normalized spacial score (nSPS) is 21.9. The van der Waals surface area contributed by atoms with Crippen LogP contribution in [0.2, 0.25) is 0 Å². The van der Waals surface area contributed by atoms with E-state index >= 15 is 0 Å². The zero-order valence-electron chi connectivity index (χ0n) is 16.7. The van der Waals surface area contributed by atoms with E-state index < -0.39 is 0 Å². The Morgan fingerprint density at radius 3 is 2.28 bits per heavy atom. The second-order valence-electron chi connectivity index (χ2n) is 7.89. The number of ether oxygens (including phenoxy) is 1. The van der Waals surface area contributed by atoms with Crippen LogP contribution in [0.15, 0.2) is 4.99 Å². The largest absolute Gasteiger partial charge is 0.379 e. The molecule has 0 aromatic rings. The second kappa shape index (κ2) is 10.9. The van der Waals surface area contributed by atoms with Gasteiger partial charge in [-0.1, -0.05) is 0 Å². The Labute approximate surface area is 171 Å². The maximum Gasteiger partial charge on any atom is 0.191 e. The molecule has 0 unspecified atom stereocenters. The third kappa shape index (κ3) is 7.19. The Kier molecular flexibility index (Phi) is 9.98. The molecule has 2 heterocycles. The van der Waals surface area contributed by atoms with Crippen LogP contribution < -0.4 is 10.6 Å². The van der Waals surface area contributed by atoms with Crippen molar-refractivity contribution < 1.29 is 4.74 Å². The molecule has 0 saturated carbocycles. The SMILES string of the molecule is CN=C(NCC(C)(C)N1CCOCC1)NC1CCN(C(C)C)CC1.I. The van der Waals surface area contributed by atoms with Crippen molar-refractivity contribution in [3.8, 4) is 0 Å². The summed E-state index contributed by atoms with van der Waals surface area (Å²) in [4.78, 5) is 9.47. The molecule has 0 atom stereocenters. The molecule has 0 aromatic carbocycles. The van der Waals surface area contributed by atoms with Gasteiger partial charge < -0.3 is 20.3 Å². The highest BCUT2D eigenvalue weighted by molar-refractivity contribution is 14.0. The van der Waals surface area contributed by atoms with Crippen molar-refractivity contribution in [2.75, 3.05) is 53.0 Å². The number of aliphatic imine (C=N–C) groups is 1. The number of morpholine rings is 1. The molecular weight excluding hydrogens is 429 g/mol. The lowest BCUT2D eigenvalue weighted by Crippen LogP contribution is -2.57. The smallest absolute Gasteiger partial charge is 0.191 e. The van der Waals surface area contributed by atoms with Crippen molar-refractivity contribution in [2.24, 2.45) is 4.99 Å². The van der Waals surface area contributed by atoms with Crippen molar-refractivity contribution in [3.05, 3.63) is 0 Å². The zero-order chi connectivity index (χ0) is 17.6. The summed E-state index contributed by atoms with van der Waals surface area (Å²) < 4.78 is 5.47. The summed E-state index contributed by atoms with van der Waals surface area (Å²) in [7, 11) is 1.86. The molecule has 0 spiro atoms. The molecule has 148 valence electrons. The fourth-order valence-corrected chi connectivity index (χ4v) is 3.53. The van der Waals surface area contributed by atoms with Crippen molar-refractivity contribution >= 4 is 29.9 Å². The fraction of sp³-hybridized carbons (Fsp3) is 0.944. The lowest BCUT2D eigenvalue weighted by Gasteiger charge is -2.41. The summed E-state index contributed by atoms with van der Waals surface area (Å²) in [5.41, 5.74) is 0.0996. The van der Waals surface area contributed by atoms with Crippen LogP contribution in [0.3, 0.4) is 0 Å². The first kappa shape index (κ1) is 22.9. The lowest BCUT2D eigenvalue weighted by molar-refractivity contribution is -0.00836. The van der Waals surface area contributed by atoms with E-state index in [0.717, 1.165) is 38.8 Å². The van der Waals surface area contributed by atoms with Gasteiger partial charge in [-0.25, -0.2) is 0 Å². The summed E-state index contributed by atoms with van der Waals surface area (Å²) in [6.07, 6.45) is 2.37. The summed E-state index contributed by atoms with van der Waals surface area (Å²) in [5.74, 6) is 0.930.